The zero-order valence-corrected chi connectivity index (χ0v) is 8.69. The largest absolute Gasteiger partial charge is 0.477 e. The number of hydrogen-bond donors (Lipinski definition) is 1. The van der Waals surface area contributed by atoms with Gasteiger partial charge in [0, 0.05) is 20.6 Å². The van der Waals surface area contributed by atoms with Gasteiger partial charge in [-0.15, -0.1) is 0 Å². The molecule has 0 spiro atoms. The molecule has 5 nitrogen and oxygen atoms in total. The zero-order valence-electron chi connectivity index (χ0n) is 8.69. The minimum Gasteiger partial charge on any atom is -0.477 e. The Kier molecular flexibility index (Phi) is 3.11. The third kappa shape index (κ3) is 1.86. The molecule has 1 heterocycles. The lowest BCUT2D eigenvalue weighted by Gasteiger charge is -2.14. The summed E-state index contributed by atoms with van der Waals surface area (Å²) in [5.41, 5.74) is 0.246. The number of aromatic nitrogens is 2. The molecule has 0 aromatic carbocycles. The molecule has 0 unspecified atom stereocenters. The highest BCUT2D eigenvalue weighted by Crippen LogP contribution is 2.13. The van der Waals surface area contributed by atoms with Crippen molar-refractivity contribution in [1.29, 1.82) is 0 Å². The van der Waals surface area contributed by atoms with Crippen LogP contribution in [-0.4, -0.2) is 34.7 Å². The van der Waals surface area contributed by atoms with Crippen molar-refractivity contribution >= 4 is 11.9 Å². The molecule has 0 fully saturated rings. The van der Waals surface area contributed by atoms with Crippen LogP contribution in [0.1, 0.15) is 23.8 Å². The van der Waals surface area contributed by atoms with Gasteiger partial charge in [0.2, 0.25) is 5.95 Å². The maximum Gasteiger partial charge on any atom is 0.354 e. The molecule has 0 aliphatic rings. The molecule has 1 aromatic heterocycles. The van der Waals surface area contributed by atoms with Crippen LogP contribution >= 0.6 is 0 Å². The highest BCUT2D eigenvalue weighted by molar-refractivity contribution is 5.86. The molecule has 1 aromatic rings. The maximum atomic E-state index is 10.9. The molecule has 1 N–H and O–H groups in total. The van der Waals surface area contributed by atoms with Crippen LogP contribution in [0.5, 0.6) is 0 Å². The van der Waals surface area contributed by atoms with E-state index in [4.69, 9.17) is 5.11 Å². The molecule has 0 bridgehead atoms. The molecule has 0 radical (unpaired) electrons. The van der Waals surface area contributed by atoms with Crippen molar-refractivity contribution in [3.63, 3.8) is 0 Å². The van der Waals surface area contributed by atoms with Crippen molar-refractivity contribution < 1.29 is 9.90 Å². The first-order valence-electron chi connectivity index (χ1n) is 4.54. The summed E-state index contributed by atoms with van der Waals surface area (Å²) in [7, 11) is 3.69. The van der Waals surface area contributed by atoms with Gasteiger partial charge in [0.25, 0.3) is 0 Å². The van der Waals surface area contributed by atoms with Gasteiger partial charge in [-0.05, 0) is 6.42 Å². The van der Waals surface area contributed by atoms with Gasteiger partial charge in [0.1, 0.15) is 5.69 Å². The van der Waals surface area contributed by atoms with Crippen LogP contribution in [-0.2, 0) is 6.54 Å². The van der Waals surface area contributed by atoms with Crippen molar-refractivity contribution in [1.82, 2.24) is 9.55 Å². The molecule has 0 aliphatic carbocycles. The van der Waals surface area contributed by atoms with E-state index in [1.54, 1.807) is 4.57 Å². The van der Waals surface area contributed by atoms with E-state index < -0.39 is 5.97 Å². The summed E-state index contributed by atoms with van der Waals surface area (Å²) in [6.45, 7) is 2.68. The predicted octanol–water partition coefficient (Wildman–Crippen LogP) is 1.06. The fraction of sp³-hybridized carbons (Fsp3) is 0.556. The van der Waals surface area contributed by atoms with Crippen LogP contribution in [0.3, 0.4) is 0 Å². The second kappa shape index (κ2) is 4.13. The van der Waals surface area contributed by atoms with E-state index in [1.807, 2.05) is 25.9 Å². The fourth-order valence-corrected chi connectivity index (χ4v) is 1.34. The summed E-state index contributed by atoms with van der Waals surface area (Å²) in [6.07, 6.45) is 2.28. The van der Waals surface area contributed by atoms with Crippen molar-refractivity contribution in [3.8, 4) is 0 Å². The molecule has 0 aliphatic heterocycles. The van der Waals surface area contributed by atoms with Gasteiger partial charge in [-0.2, -0.15) is 0 Å². The molecule has 0 amide bonds. The Morgan fingerprint density at radius 3 is 2.71 bits per heavy atom. The summed E-state index contributed by atoms with van der Waals surface area (Å²) in [5.74, 6) is -0.247. The molecule has 1 rings (SSSR count). The smallest absolute Gasteiger partial charge is 0.354 e. The van der Waals surface area contributed by atoms with Gasteiger partial charge < -0.3 is 14.6 Å². The number of carboxylic acid groups (broad SMARTS) is 1. The molecular formula is C9H15N3O2. The van der Waals surface area contributed by atoms with Crippen LogP contribution in [0, 0.1) is 0 Å². The van der Waals surface area contributed by atoms with Crippen LogP contribution in [0.15, 0.2) is 6.20 Å². The van der Waals surface area contributed by atoms with Crippen LogP contribution in [0.25, 0.3) is 0 Å². The first kappa shape index (κ1) is 10.6. The molecule has 78 valence electrons. The van der Waals surface area contributed by atoms with Gasteiger partial charge in [0.15, 0.2) is 0 Å². The molecule has 0 saturated carbocycles. The molecule has 0 saturated heterocycles. The van der Waals surface area contributed by atoms with E-state index in [9.17, 15) is 4.79 Å². The standard InChI is InChI=1S/C9H15N3O2/c1-4-5-12-7(8(13)14)6-10-9(12)11(2)3/h6H,4-5H2,1-3H3,(H,13,14). The topological polar surface area (TPSA) is 58.4 Å². The lowest BCUT2D eigenvalue weighted by Crippen LogP contribution is -2.18. The number of rotatable bonds is 4. The summed E-state index contributed by atoms with van der Waals surface area (Å²) >= 11 is 0. The SMILES string of the molecule is CCCn1c(C(=O)O)cnc1N(C)C. The van der Waals surface area contributed by atoms with Crippen LogP contribution in [0.4, 0.5) is 5.95 Å². The number of imidazole rings is 1. The highest BCUT2D eigenvalue weighted by Gasteiger charge is 2.15. The lowest BCUT2D eigenvalue weighted by molar-refractivity contribution is 0.0685. The highest BCUT2D eigenvalue weighted by atomic mass is 16.4. The molecule has 5 heteroatoms. The summed E-state index contributed by atoms with van der Waals surface area (Å²) in [4.78, 5) is 16.7. The Labute approximate surface area is 83.0 Å². The van der Waals surface area contributed by atoms with Gasteiger partial charge in [0.05, 0.1) is 6.20 Å². The Morgan fingerprint density at radius 2 is 2.29 bits per heavy atom. The van der Waals surface area contributed by atoms with Crippen molar-refractivity contribution in [2.45, 2.75) is 19.9 Å². The molecule has 0 atom stereocenters. The number of anilines is 1. The van der Waals surface area contributed by atoms with E-state index in [1.165, 1.54) is 6.20 Å². The quantitative estimate of drug-likeness (QED) is 0.784. The fourth-order valence-electron chi connectivity index (χ4n) is 1.34. The Balaban J connectivity index is 3.13. The molecule has 14 heavy (non-hydrogen) atoms. The van der Waals surface area contributed by atoms with Gasteiger partial charge >= 0.3 is 5.97 Å². The first-order chi connectivity index (χ1) is 6.57. The third-order valence-corrected chi connectivity index (χ3v) is 1.90. The van der Waals surface area contributed by atoms with Gasteiger partial charge in [-0.25, -0.2) is 9.78 Å². The third-order valence-electron chi connectivity index (χ3n) is 1.90. The van der Waals surface area contributed by atoms with Crippen LogP contribution in [0.2, 0.25) is 0 Å². The monoisotopic (exact) mass is 197 g/mol. The summed E-state index contributed by atoms with van der Waals surface area (Å²) < 4.78 is 1.71. The number of hydrogen-bond acceptors (Lipinski definition) is 3. The van der Waals surface area contributed by atoms with Crippen molar-refractivity contribution in [2.75, 3.05) is 19.0 Å². The summed E-state index contributed by atoms with van der Waals surface area (Å²) in [5, 5.41) is 8.91. The van der Waals surface area contributed by atoms with Gasteiger partial charge in [-0.3, -0.25) is 0 Å². The molecular weight excluding hydrogens is 182 g/mol. The minimum atomic E-state index is -0.931. The first-order valence-corrected chi connectivity index (χ1v) is 4.54. The number of carboxylic acids is 1. The van der Waals surface area contributed by atoms with Gasteiger partial charge in [-0.1, -0.05) is 6.92 Å². The lowest BCUT2D eigenvalue weighted by atomic mass is 10.4. The second-order valence-electron chi connectivity index (χ2n) is 3.29. The van der Waals surface area contributed by atoms with E-state index in [0.29, 0.717) is 12.5 Å². The normalized spacial score (nSPS) is 10.2. The summed E-state index contributed by atoms with van der Waals surface area (Å²) in [6, 6.07) is 0. The Bertz CT molecular complexity index is 331. The second-order valence-corrected chi connectivity index (χ2v) is 3.29. The minimum absolute atomic E-state index is 0.246. The Hall–Kier alpha value is -1.52. The number of nitrogens with zero attached hydrogens (tertiary/aromatic N) is 3. The van der Waals surface area contributed by atoms with Crippen molar-refractivity contribution in [2.24, 2.45) is 0 Å². The average Bonchev–Trinajstić information content (AvgIpc) is 2.48. The van der Waals surface area contributed by atoms with E-state index in [-0.39, 0.29) is 5.69 Å². The maximum absolute atomic E-state index is 10.9. The van der Waals surface area contributed by atoms with Crippen molar-refractivity contribution in [3.05, 3.63) is 11.9 Å². The predicted molar refractivity (Wildman–Crippen MR) is 53.8 cm³/mol. The van der Waals surface area contributed by atoms with E-state index >= 15 is 0 Å². The average molecular weight is 197 g/mol. The number of carbonyl (C=O) groups is 1. The van der Waals surface area contributed by atoms with E-state index in [0.717, 1.165) is 6.42 Å². The number of aromatic carboxylic acids is 1. The zero-order chi connectivity index (χ0) is 10.7. The Morgan fingerprint density at radius 1 is 1.64 bits per heavy atom. The van der Waals surface area contributed by atoms with Crippen LogP contribution < -0.4 is 4.90 Å². The van der Waals surface area contributed by atoms with E-state index in [2.05, 4.69) is 4.98 Å².